The van der Waals surface area contributed by atoms with Gasteiger partial charge in [0.25, 0.3) is 0 Å². The lowest BCUT2D eigenvalue weighted by Gasteiger charge is -2.15. The lowest BCUT2D eigenvalue weighted by Crippen LogP contribution is -2.22. The van der Waals surface area contributed by atoms with Crippen LogP contribution in [0.1, 0.15) is 20.8 Å². The first-order chi connectivity index (χ1) is 9.24. The average Bonchev–Trinajstić information content (AvgIpc) is 2.35. The molecule has 1 rings (SSSR count). The number of hydrogen-bond acceptors (Lipinski definition) is 4. The molecule has 0 aliphatic heterocycles. The van der Waals surface area contributed by atoms with E-state index in [9.17, 15) is 9.59 Å². The molecule has 0 radical (unpaired) electrons. The highest BCUT2D eigenvalue weighted by atomic mass is 79.9. The van der Waals surface area contributed by atoms with Crippen molar-refractivity contribution in [3.05, 3.63) is 40.5 Å². The van der Waals surface area contributed by atoms with Crippen molar-refractivity contribution in [2.45, 2.75) is 20.8 Å². The maximum Gasteiger partial charge on any atom is 0.354 e. The molecule has 0 atom stereocenters. The topological polar surface area (TPSA) is 55.4 Å². The molecular formula is C15H18BrNO3. The fraction of sp³-hybridized carbons (Fsp3) is 0.333. The van der Waals surface area contributed by atoms with E-state index in [4.69, 9.17) is 4.74 Å². The number of hydrogen-bond donors (Lipinski definition) is 1. The Morgan fingerprint density at radius 1 is 1.30 bits per heavy atom. The molecule has 0 heterocycles. The van der Waals surface area contributed by atoms with Gasteiger partial charge < -0.3 is 10.1 Å². The Hall–Kier alpha value is -1.62. The van der Waals surface area contributed by atoms with Gasteiger partial charge in [-0.2, -0.15) is 0 Å². The third-order valence-corrected chi connectivity index (χ3v) is 3.02. The second-order valence-electron chi connectivity index (χ2n) is 5.30. The summed E-state index contributed by atoms with van der Waals surface area (Å²) in [6, 6.07) is 7.29. The van der Waals surface area contributed by atoms with Crippen LogP contribution >= 0.6 is 15.9 Å². The molecule has 0 saturated heterocycles. The SMILES string of the molecule is COC(=O)C(=CC(=O)C(C)(C)C)Nc1cccc(Br)c1. The van der Waals surface area contributed by atoms with Gasteiger partial charge in [0, 0.05) is 21.7 Å². The monoisotopic (exact) mass is 339 g/mol. The first-order valence-electron chi connectivity index (χ1n) is 6.11. The Morgan fingerprint density at radius 3 is 2.45 bits per heavy atom. The molecule has 0 saturated carbocycles. The number of rotatable bonds is 4. The summed E-state index contributed by atoms with van der Waals surface area (Å²) in [5, 5.41) is 2.91. The Balaban J connectivity index is 3.05. The minimum atomic E-state index is -0.581. The van der Waals surface area contributed by atoms with Crippen molar-refractivity contribution in [3.63, 3.8) is 0 Å². The third-order valence-electron chi connectivity index (χ3n) is 2.52. The Kier molecular flexibility index (Phi) is 5.51. The zero-order chi connectivity index (χ0) is 15.3. The number of esters is 1. The maximum absolute atomic E-state index is 12.0. The van der Waals surface area contributed by atoms with Crippen LogP contribution in [0.25, 0.3) is 0 Å². The smallest absolute Gasteiger partial charge is 0.354 e. The number of allylic oxidation sites excluding steroid dienone is 1. The van der Waals surface area contributed by atoms with Crippen LogP contribution in [-0.2, 0) is 14.3 Å². The van der Waals surface area contributed by atoms with Gasteiger partial charge in [-0.25, -0.2) is 4.79 Å². The summed E-state index contributed by atoms with van der Waals surface area (Å²) in [7, 11) is 1.28. The second-order valence-corrected chi connectivity index (χ2v) is 6.21. The minimum absolute atomic E-state index is 0.116. The number of nitrogens with one attached hydrogen (secondary N) is 1. The molecule has 1 N–H and O–H groups in total. The summed E-state index contributed by atoms with van der Waals surface area (Å²) in [5.74, 6) is -0.733. The summed E-state index contributed by atoms with van der Waals surface area (Å²) in [5.41, 5.74) is 0.251. The molecule has 0 amide bonds. The van der Waals surface area contributed by atoms with E-state index in [-0.39, 0.29) is 11.5 Å². The van der Waals surface area contributed by atoms with Gasteiger partial charge in [0.2, 0.25) is 0 Å². The molecule has 1 aromatic carbocycles. The maximum atomic E-state index is 12.0. The highest BCUT2D eigenvalue weighted by molar-refractivity contribution is 9.10. The van der Waals surface area contributed by atoms with Crippen molar-refractivity contribution in [2.24, 2.45) is 5.41 Å². The van der Waals surface area contributed by atoms with Gasteiger partial charge in [0.1, 0.15) is 5.70 Å². The third kappa shape index (κ3) is 4.81. The Bertz CT molecular complexity index is 544. The van der Waals surface area contributed by atoms with Gasteiger partial charge >= 0.3 is 5.97 Å². The molecule has 0 aliphatic rings. The molecule has 0 bridgehead atoms. The number of benzene rings is 1. The highest BCUT2D eigenvalue weighted by Crippen LogP contribution is 2.20. The number of anilines is 1. The average molecular weight is 340 g/mol. The van der Waals surface area contributed by atoms with Crippen LogP contribution in [0.3, 0.4) is 0 Å². The van der Waals surface area contributed by atoms with Gasteiger partial charge in [0.05, 0.1) is 7.11 Å². The highest BCUT2D eigenvalue weighted by Gasteiger charge is 2.22. The molecular weight excluding hydrogens is 322 g/mol. The van der Waals surface area contributed by atoms with E-state index < -0.39 is 11.4 Å². The molecule has 108 valence electrons. The summed E-state index contributed by atoms with van der Waals surface area (Å²) in [6.07, 6.45) is 1.28. The van der Waals surface area contributed by atoms with Crippen molar-refractivity contribution in [1.29, 1.82) is 0 Å². The summed E-state index contributed by atoms with van der Waals surface area (Å²) >= 11 is 3.35. The quantitative estimate of drug-likeness (QED) is 0.673. The lowest BCUT2D eigenvalue weighted by atomic mass is 9.90. The molecule has 4 nitrogen and oxygen atoms in total. The number of ketones is 1. The first kappa shape index (κ1) is 16.4. The number of methoxy groups -OCH3 is 1. The number of carbonyl (C=O) groups excluding carboxylic acids is 2. The van der Waals surface area contributed by atoms with Gasteiger partial charge in [-0.1, -0.05) is 42.8 Å². The van der Waals surface area contributed by atoms with Crippen LogP contribution < -0.4 is 5.32 Å². The van der Waals surface area contributed by atoms with Crippen molar-refractivity contribution in [2.75, 3.05) is 12.4 Å². The predicted octanol–water partition coefficient (Wildman–Crippen LogP) is 3.53. The van der Waals surface area contributed by atoms with Crippen LogP contribution in [0, 0.1) is 5.41 Å². The lowest BCUT2D eigenvalue weighted by molar-refractivity contribution is -0.136. The fourth-order valence-corrected chi connectivity index (χ4v) is 1.72. The van der Waals surface area contributed by atoms with E-state index in [2.05, 4.69) is 21.2 Å². The van der Waals surface area contributed by atoms with Gasteiger partial charge in [-0.3, -0.25) is 4.79 Å². The van der Waals surface area contributed by atoms with E-state index in [1.807, 2.05) is 12.1 Å². The fourth-order valence-electron chi connectivity index (χ4n) is 1.33. The molecule has 1 aromatic rings. The van der Waals surface area contributed by atoms with Crippen LogP contribution in [0.4, 0.5) is 5.69 Å². The summed E-state index contributed by atoms with van der Waals surface area (Å²) in [4.78, 5) is 23.8. The van der Waals surface area contributed by atoms with Crippen LogP contribution in [0.2, 0.25) is 0 Å². The van der Waals surface area contributed by atoms with Crippen LogP contribution in [-0.4, -0.2) is 18.9 Å². The summed E-state index contributed by atoms with van der Waals surface area (Å²) < 4.78 is 5.56. The van der Waals surface area contributed by atoms with E-state index in [0.717, 1.165) is 4.47 Å². The van der Waals surface area contributed by atoms with E-state index in [1.54, 1.807) is 32.9 Å². The van der Waals surface area contributed by atoms with Crippen molar-refractivity contribution in [3.8, 4) is 0 Å². The number of carbonyl (C=O) groups is 2. The number of halogens is 1. The van der Waals surface area contributed by atoms with E-state index in [0.29, 0.717) is 5.69 Å². The van der Waals surface area contributed by atoms with Crippen molar-refractivity contribution < 1.29 is 14.3 Å². The minimum Gasteiger partial charge on any atom is -0.464 e. The molecule has 0 spiro atoms. The largest absolute Gasteiger partial charge is 0.464 e. The second kappa shape index (κ2) is 6.70. The Morgan fingerprint density at radius 2 is 1.95 bits per heavy atom. The molecule has 5 heteroatoms. The van der Waals surface area contributed by atoms with Gasteiger partial charge in [0.15, 0.2) is 5.78 Å². The molecule has 0 fully saturated rings. The number of ether oxygens (including phenoxy) is 1. The van der Waals surface area contributed by atoms with Crippen LogP contribution in [0.5, 0.6) is 0 Å². The first-order valence-corrected chi connectivity index (χ1v) is 6.90. The van der Waals surface area contributed by atoms with Gasteiger partial charge in [-0.05, 0) is 18.2 Å². The standard InChI is InChI=1S/C15H18BrNO3/c1-15(2,3)13(18)9-12(14(19)20-4)17-11-7-5-6-10(16)8-11/h5-9,17H,1-4H3. The van der Waals surface area contributed by atoms with E-state index in [1.165, 1.54) is 13.2 Å². The Labute approximate surface area is 127 Å². The predicted molar refractivity (Wildman–Crippen MR) is 82.3 cm³/mol. The normalized spacial score (nSPS) is 11.9. The van der Waals surface area contributed by atoms with Crippen LogP contribution in [0.15, 0.2) is 40.5 Å². The zero-order valence-electron chi connectivity index (χ0n) is 12.0. The zero-order valence-corrected chi connectivity index (χ0v) is 13.6. The van der Waals surface area contributed by atoms with Crippen molar-refractivity contribution >= 4 is 33.4 Å². The van der Waals surface area contributed by atoms with E-state index >= 15 is 0 Å². The molecule has 0 unspecified atom stereocenters. The molecule has 20 heavy (non-hydrogen) atoms. The molecule has 0 aliphatic carbocycles. The van der Waals surface area contributed by atoms with Crippen molar-refractivity contribution in [1.82, 2.24) is 0 Å². The van der Waals surface area contributed by atoms with Gasteiger partial charge in [-0.15, -0.1) is 0 Å². The molecule has 0 aromatic heterocycles. The summed E-state index contributed by atoms with van der Waals surface area (Å²) in [6.45, 7) is 5.37.